The summed E-state index contributed by atoms with van der Waals surface area (Å²) in [5.74, 6) is -4.71. The van der Waals surface area contributed by atoms with Crippen molar-refractivity contribution in [3.63, 3.8) is 0 Å². The number of fused-ring (bicyclic) bond motifs is 1. The number of aliphatic imine (C=N–C) groups is 1. The second-order valence-corrected chi connectivity index (χ2v) is 9.03. The highest BCUT2D eigenvalue weighted by Crippen LogP contribution is 2.39. The first kappa shape index (κ1) is 25.1. The van der Waals surface area contributed by atoms with E-state index in [1.165, 1.54) is 17.2 Å². The molecule has 0 bridgehead atoms. The summed E-state index contributed by atoms with van der Waals surface area (Å²) in [6, 6.07) is 10.5. The highest BCUT2D eigenvalue weighted by Gasteiger charge is 2.47. The molecule has 2 aromatic carbocycles. The Kier molecular flexibility index (Phi) is 7.04. The van der Waals surface area contributed by atoms with Crippen LogP contribution in [0.3, 0.4) is 0 Å². The number of carbonyl (C=O) groups is 1. The molecular weight excluding hydrogens is 491 g/mol. The van der Waals surface area contributed by atoms with Crippen LogP contribution in [0.4, 0.5) is 13.2 Å². The Morgan fingerprint density at radius 1 is 1.14 bits per heavy atom. The number of nitrogens with zero attached hydrogens (tertiary/aromatic N) is 5. The Labute approximate surface area is 210 Å². The number of rotatable bonds is 5. The van der Waals surface area contributed by atoms with Crippen LogP contribution in [0.2, 0.25) is 0 Å². The summed E-state index contributed by atoms with van der Waals surface area (Å²) < 4.78 is 60.7. The van der Waals surface area contributed by atoms with Gasteiger partial charge in [-0.15, -0.1) is 5.10 Å². The number of hydrogen-bond donors (Lipinski definition) is 0. The van der Waals surface area contributed by atoms with Crippen LogP contribution in [0.25, 0.3) is 11.3 Å². The molecule has 1 aromatic heterocycles. The van der Waals surface area contributed by atoms with Gasteiger partial charge in [-0.2, -0.15) is 0 Å². The molecule has 2 saturated heterocycles. The van der Waals surface area contributed by atoms with Gasteiger partial charge in [-0.25, -0.2) is 22.8 Å². The molecule has 0 saturated carbocycles. The van der Waals surface area contributed by atoms with Crippen molar-refractivity contribution < 1.29 is 32.2 Å². The summed E-state index contributed by atoms with van der Waals surface area (Å²) in [5, 5.41) is 8.17. The van der Waals surface area contributed by atoms with Crippen molar-refractivity contribution in [2.45, 2.75) is 37.1 Å². The maximum atomic E-state index is 13.8. The third-order valence-electron chi connectivity index (χ3n) is 6.13. The van der Waals surface area contributed by atoms with Crippen molar-refractivity contribution >= 4 is 12.2 Å². The normalized spacial score (nSPS) is 25.7. The van der Waals surface area contributed by atoms with Crippen LogP contribution in [-0.4, -0.2) is 71.2 Å². The lowest BCUT2D eigenvalue weighted by atomic mass is 9.94. The molecule has 2 aliphatic heterocycles. The third kappa shape index (κ3) is 5.26. The minimum absolute atomic E-state index is 0.0181. The SMILES string of the molecule is CN(C)C=NC(=O)[C@H]1C[C@@H](n2cc(-c3cc(F)c(F)c(F)c3)nn2)[C@H]2OC(c3ccccc3)OC[C@H]2O1. The van der Waals surface area contributed by atoms with Crippen molar-refractivity contribution in [2.24, 2.45) is 4.99 Å². The van der Waals surface area contributed by atoms with E-state index in [1.807, 2.05) is 30.3 Å². The van der Waals surface area contributed by atoms with E-state index in [2.05, 4.69) is 15.3 Å². The van der Waals surface area contributed by atoms with Gasteiger partial charge >= 0.3 is 0 Å². The zero-order valence-corrected chi connectivity index (χ0v) is 20.0. The summed E-state index contributed by atoms with van der Waals surface area (Å²) in [6.45, 7) is 0.151. The molecule has 2 fully saturated rings. The quantitative estimate of drug-likeness (QED) is 0.293. The van der Waals surface area contributed by atoms with Crippen LogP contribution in [0.5, 0.6) is 0 Å². The van der Waals surface area contributed by atoms with E-state index in [0.29, 0.717) is 0 Å². The third-order valence-corrected chi connectivity index (χ3v) is 6.13. The summed E-state index contributed by atoms with van der Waals surface area (Å²) in [4.78, 5) is 18.4. The van der Waals surface area contributed by atoms with Crippen molar-refractivity contribution in [3.8, 4) is 11.3 Å². The molecule has 5 rings (SSSR count). The first-order valence-electron chi connectivity index (χ1n) is 11.6. The molecule has 1 unspecified atom stereocenters. The standard InChI is InChI=1S/C25H24F3N5O4/c1-32(2)13-29-24(34)20-10-19(23-21(36-20)12-35-25(37-23)14-6-4-3-5-7-14)33-11-18(30-31-33)15-8-16(26)22(28)17(27)9-15/h3-9,11,13,19-21,23,25H,10,12H2,1-2H3/t19-,20-,21-,23-,25?/m1/s1. The molecule has 3 aromatic rings. The zero-order valence-electron chi connectivity index (χ0n) is 20.0. The fraction of sp³-hybridized carbons (Fsp3) is 0.360. The molecular formula is C25H24F3N5O4. The van der Waals surface area contributed by atoms with E-state index in [1.54, 1.807) is 19.0 Å². The fourth-order valence-electron chi connectivity index (χ4n) is 4.35. The number of hydrogen-bond acceptors (Lipinski definition) is 6. The predicted molar refractivity (Wildman–Crippen MR) is 125 cm³/mol. The van der Waals surface area contributed by atoms with Gasteiger partial charge in [-0.1, -0.05) is 35.5 Å². The Hall–Kier alpha value is -3.61. The predicted octanol–water partition coefficient (Wildman–Crippen LogP) is 3.29. The molecule has 2 aliphatic rings. The highest BCUT2D eigenvalue weighted by molar-refractivity contribution is 5.87. The Morgan fingerprint density at radius 3 is 2.57 bits per heavy atom. The summed E-state index contributed by atoms with van der Waals surface area (Å²) in [7, 11) is 3.48. The van der Waals surface area contributed by atoms with Crippen molar-refractivity contribution in [1.82, 2.24) is 19.9 Å². The van der Waals surface area contributed by atoms with Gasteiger partial charge in [0.15, 0.2) is 23.7 Å². The lowest BCUT2D eigenvalue weighted by Crippen LogP contribution is -2.54. The van der Waals surface area contributed by atoms with Crippen molar-refractivity contribution in [2.75, 3.05) is 20.7 Å². The van der Waals surface area contributed by atoms with Crippen LogP contribution in [-0.2, 0) is 19.0 Å². The molecule has 3 heterocycles. The lowest BCUT2D eigenvalue weighted by Gasteiger charge is -2.45. The average molecular weight is 515 g/mol. The molecule has 37 heavy (non-hydrogen) atoms. The van der Waals surface area contributed by atoms with Crippen molar-refractivity contribution in [3.05, 3.63) is 71.7 Å². The lowest BCUT2D eigenvalue weighted by molar-refractivity contribution is -0.297. The molecule has 9 nitrogen and oxygen atoms in total. The van der Waals surface area contributed by atoms with E-state index in [0.717, 1.165) is 17.7 Å². The van der Waals surface area contributed by atoms with Gasteiger partial charge in [0.1, 0.15) is 24.0 Å². The second-order valence-electron chi connectivity index (χ2n) is 9.03. The Bertz CT molecular complexity index is 1280. The van der Waals surface area contributed by atoms with Crippen LogP contribution in [0, 0.1) is 17.5 Å². The molecule has 0 N–H and O–H groups in total. The largest absolute Gasteiger partial charge is 0.369 e. The van der Waals surface area contributed by atoms with Gasteiger partial charge in [-0.05, 0) is 12.1 Å². The minimum atomic E-state index is -1.56. The maximum absolute atomic E-state index is 13.8. The van der Waals surface area contributed by atoms with E-state index < -0.39 is 54.0 Å². The molecule has 12 heteroatoms. The van der Waals surface area contributed by atoms with E-state index in [9.17, 15) is 18.0 Å². The molecule has 0 radical (unpaired) electrons. The first-order chi connectivity index (χ1) is 17.8. The van der Waals surface area contributed by atoms with Gasteiger partial charge in [0.25, 0.3) is 5.91 Å². The van der Waals surface area contributed by atoms with E-state index >= 15 is 0 Å². The van der Waals surface area contributed by atoms with Crippen LogP contribution in [0.15, 0.2) is 53.7 Å². The van der Waals surface area contributed by atoms with Gasteiger partial charge < -0.3 is 19.1 Å². The molecule has 5 atom stereocenters. The number of aromatic nitrogens is 3. The van der Waals surface area contributed by atoms with E-state index in [4.69, 9.17) is 14.2 Å². The zero-order chi connectivity index (χ0) is 26.1. The van der Waals surface area contributed by atoms with E-state index in [-0.39, 0.29) is 24.3 Å². The number of benzene rings is 2. The monoisotopic (exact) mass is 515 g/mol. The summed E-state index contributed by atoms with van der Waals surface area (Å²) in [6.07, 6.45) is 0.235. The summed E-state index contributed by atoms with van der Waals surface area (Å²) in [5.41, 5.74) is 0.954. The first-order valence-corrected chi connectivity index (χ1v) is 11.6. The van der Waals surface area contributed by atoms with Crippen LogP contribution < -0.4 is 0 Å². The van der Waals surface area contributed by atoms with Crippen LogP contribution in [0.1, 0.15) is 24.3 Å². The highest BCUT2D eigenvalue weighted by atomic mass is 19.2. The average Bonchev–Trinajstić information content (AvgIpc) is 3.40. The van der Waals surface area contributed by atoms with Crippen molar-refractivity contribution in [1.29, 1.82) is 0 Å². The molecule has 0 aliphatic carbocycles. The number of ether oxygens (including phenoxy) is 3. The molecule has 1 amide bonds. The topological polar surface area (TPSA) is 91.1 Å². The Balaban J connectivity index is 1.46. The molecule has 0 spiro atoms. The van der Waals surface area contributed by atoms with Gasteiger partial charge in [0, 0.05) is 31.6 Å². The fourth-order valence-corrected chi connectivity index (χ4v) is 4.35. The second kappa shape index (κ2) is 10.4. The number of amides is 1. The summed E-state index contributed by atoms with van der Waals surface area (Å²) >= 11 is 0. The molecule has 194 valence electrons. The minimum Gasteiger partial charge on any atom is -0.369 e. The van der Waals surface area contributed by atoms with Crippen LogP contribution >= 0.6 is 0 Å². The van der Waals surface area contributed by atoms with Gasteiger partial charge in [-0.3, -0.25) is 4.79 Å². The Morgan fingerprint density at radius 2 is 1.86 bits per heavy atom. The maximum Gasteiger partial charge on any atom is 0.276 e. The number of halogens is 3. The number of carbonyl (C=O) groups excluding carboxylic acids is 1. The van der Waals surface area contributed by atoms with Gasteiger partial charge in [0.2, 0.25) is 0 Å². The van der Waals surface area contributed by atoms with Gasteiger partial charge in [0.05, 0.1) is 25.2 Å². The smallest absolute Gasteiger partial charge is 0.276 e.